The molecule has 0 aromatic rings. The Bertz CT molecular complexity index is 979. The van der Waals surface area contributed by atoms with E-state index in [-0.39, 0.29) is 12.1 Å². The number of ether oxygens (including phenoxy) is 4. The Morgan fingerprint density at radius 3 is 1.06 bits per heavy atom. The molecule has 0 bridgehead atoms. The van der Waals surface area contributed by atoms with Gasteiger partial charge in [0, 0.05) is 13.1 Å². The summed E-state index contributed by atoms with van der Waals surface area (Å²) in [6, 6.07) is -0.379. The van der Waals surface area contributed by atoms with Crippen LogP contribution in [-0.2, 0) is 18.9 Å². The van der Waals surface area contributed by atoms with Gasteiger partial charge in [-0.15, -0.1) is 0 Å². The molecule has 0 saturated carbocycles. The highest BCUT2D eigenvalue weighted by Crippen LogP contribution is 2.13. The van der Waals surface area contributed by atoms with Crippen LogP contribution >= 0.6 is 0 Å². The summed E-state index contributed by atoms with van der Waals surface area (Å²) < 4.78 is 21.5. The van der Waals surface area contributed by atoms with Crippen LogP contribution in [0.3, 0.4) is 0 Å². The number of allylic oxidation sites excluding steroid dienone is 2. The van der Waals surface area contributed by atoms with Gasteiger partial charge in [-0.05, 0) is 147 Å². The summed E-state index contributed by atoms with van der Waals surface area (Å²) >= 11 is 0. The van der Waals surface area contributed by atoms with Gasteiger partial charge in [-0.3, -0.25) is 0 Å². The maximum Gasteiger partial charge on any atom is 0.408 e. The Hall–Kier alpha value is -3.44. The predicted octanol–water partition coefficient (Wildman–Crippen LogP) is 8.84. The number of amides is 4. The van der Waals surface area contributed by atoms with Gasteiger partial charge in [-0.2, -0.15) is 0 Å². The number of alkyl carbamates (subject to hydrolysis) is 4. The van der Waals surface area contributed by atoms with Crippen molar-refractivity contribution in [2.75, 3.05) is 13.1 Å². The van der Waals surface area contributed by atoms with E-state index >= 15 is 0 Å². The van der Waals surface area contributed by atoms with Crippen LogP contribution in [0.25, 0.3) is 0 Å². The standard InChI is InChI=1S/C38H70N4O8/c1-35(2,3)47-31(43)39-27-21-19-25-29(41-33(45)49-37(7,8)9)23-17-15-13-14-16-18-24-30(42-34(46)50-38(10,11)12)26-20-22-28-40-32(44)48-36(4,5)6/h17-18,23-24,29-30H,13-16,19-22,25-28H2,1-12H3,(H,39,43)(H,40,44)(H,41,45)(H,42,46)/b23-17-,24-18-/t29-,30-/m1/s1. The minimum Gasteiger partial charge on any atom is -0.444 e. The Labute approximate surface area is 302 Å². The van der Waals surface area contributed by atoms with Crippen molar-refractivity contribution in [3.63, 3.8) is 0 Å². The van der Waals surface area contributed by atoms with Gasteiger partial charge < -0.3 is 40.2 Å². The molecule has 0 aromatic carbocycles. The minimum atomic E-state index is -0.594. The maximum absolute atomic E-state index is 12.4. The third kappa shape index (κ3) is 31.8. The van der Waals surface area contributed by atoms with Crippen molar-refractivity contribution >= 4 is 24.4 Å². The Morgan fingerprint density at radius 2 is 0.760 bits per heavy atom. The summed E-state index contributed by atoms with van der Waals surface area (Å²) in [7, 11) is 0. The minimum absolute atomic E-state index is 0.190. The number of hydrogen-bond donors (Lipinski definition) is 4. The van der Waals surface area contributed by atoms with Crippen molar-refractivity contribution in [2.24, 2.45) is 0 Å². The summed E-state index contributed by atoms with van der Waals surface area (Å²) in [6.45, 7) is 22.9. The molecular formula is C38H70N4O8. The normalized spacial score (nSPS) is 13.8. The summed E-state index contributed by atoms with van der Waals surface area (Å²) in [5, 5.41) is 11.4. The van der Waals surface area contributed by atoms with Crippen molar-refractivity contribution in [3.05, 3.63) is 24.3 Å². The highest BCUT2D eigenvalue weighted by molar-refractivity contribution is 5.69. The molecule has 0 aromatic heterocycles. The molecule has 0 saturated heterocycles. The Balaban J connectivity index is 4.87. The van der Waals surface area contributed by atoms with Crippen LogP contribution in [0.1, 0.15) is 147 Å². The van der Waals surface area contributed by atoms with Gasteiger partial charge >= 0.3 is 24.4 Å². The van der Waals surface area contributed by atoms with Gasteiger partial charge in [0.15, 0.2) is 0 Å². The number of unbranched alkanes of at least 4 members (excludes halogenated alkanes) is 5. The number of hydrogen-bond acceptors (Lipinski definition) is 8. The van der Waals surface area contributed by atoms with Gasteiger partial charge in [0.1, 0.15) is 22.4 Å². The summed E-state index contributed by atoms with van der Waals surface area (Å²) in [4.78, 5) is 48.6. The number of rotatable bonds is 19. The van der Waals surface area contributed by atoms with E-state index in [1.807, 2.05) is 95.2 Å². The molecule has 0 fully saturated rings. The molecule has 50 heavy (non-hydrogen) atoms. The lowest BCUT2D eigenvalue weighted by molar-refractivity contribution is 0.0499. The van der Waals surface area contributed by atoms with Gasteiger partial charge in [0.25, 0.3) is 0 Å². The molecular weight excluding hydrogens is 640 g/mol. The Kier molecular flexibility index (Phi) is 21.5. The second-order valence-electron chi connectivity index (χ2n) is 16.5. The van der Waals surface area contributed by atoms with Crippen molar-refractivity contribution in [2.45, 2.75) is 182 Å². The molecule has 0 unspecified atom stereocenters. The highest BCUT2D eigenvalue weighted by atomic mass is 16.6. The zero-order valence-corrected chi connectivity index (χ0v) is 33.2. The zero-order chi connectivity index (χ0) is 38.4. The van der Waals surface area contributed by atoms with Crippen LogP contribution in [0.15, 0.2) is 24.3 Å². The first-order chi connectivity index (χ1) is 22.9. The maximum atomic E-state index is 12.4. The van der Waals surface area contributed by atoms with E-state index in [1.54, 1.807) is 0 Å². The smallest absolute Gasteiger partial charge is 0.408 e. The molecule has 0 aliphatic rings. The van der Waals surface area contributed by atoms with Crippen LogP contribution in [0.2, 0.25) is 0 Å². The van der Waals surface area contributed by atoms with E-state index < -0.39 is 46.8 Å². The van der Waals surface area contributed by atoms with Crippen LogP contribution in [0.5, 0.6) is 0 Å². The molecule has 4 amide bonds. The van der Waals surface area contributed by atoms with Gasteiger partial charge in [-0.25, -0.2) is 19.2 Å². The number of carbonyl (C=O) groups is 4. The van der Waals surface area contributed by atoms with E-state index in [0.717, 1.165) is 51.4 Å². The summed E-state index contributed by atoms with van der Waals surface area (Å²) in [6.07, 6.45) is 14.5. The molecule has 290 valence electrons. The molecule has 0 heterocycles. The van der Waals surface area contributed by atoms with Crippen molar-refractivity contribution in [1.29, 1.82) is 0 Å². The molecule has 2 atom stereocenters. The van der Waals surface area contributed by atoms with Gasteiger partial charge in [-0.1, -0.05) is 24.3 Å². The highest BCUT2D eigenvalue weighted by Gasteiger charge is 2.20. The summed E-state index contributed by atoms with van der Waals surface area (Å²) in [5.74, 6) is 0. The average molecular weight is 711 g/mol. The predicted molar refractivity (Wildman–Crippen MR) is 199 cm³/mol. The number of nitrogens with one attached hydrogen (secondary N) is 4. The van der Waals surface area contributed by atoms with Crippen LogP contribution < -0.4 is 21.3 Å². The molecule has 12 nitrogen and oxygen atoms in total. The molecule has 4 N–H and O–H groups in total. The third-order valence-electron chi connectivity index (χ3n) is 6.35. The second-order valence-corrected chi connectivity index (χ2v) is 16.5. The monoisotopic (exact) mass is 711 g/mol. The fourth-order valence-electron chi connectivity index (χ4n) is 4.38. The first-order valence-corrected chi connectivity index (χ1v) is 18.2. The molecule has 0 aliphatic heterocycles. The van der Waals surface area contributed by atoms with Crippen molar-refractivity contribution in [3.8, 4) is 0 Å². The third-order valence-corrected chi connectivity index (χ3v) is 6.35. The van der Waals surface area contributed by atoms with E-state index in [9.17, 15) is 19.2 Å². The van der Waals surface area contributed by atoms with Crippen LogP contribution in [0.4, 0.5) is 19.2 Å². The lowest BCUT2D eigenvalue weighted by Crippen LogP contribution is -2.38. The molecule has 12 heteroatoms. The van der Waals surface area contributed by atoms with Crippen LogP contribution in [0, 0.1) is 0 Å². The van der Waals surface area contributed by atoms with Crippen molar-refractivity contribution in [1.82, 2.24) is 21.3 Å². The summed E-state index contributed by atoms with van der Waals surface area (Å²) in [5.41, 5.74) is -2.27. The zero-order valence-electron chi connectivity index (χ0n) is 33.2. The van der Waals surface area contributed by atoms with E-state index in [2.05, 4.69) is 33.4 Å². The van der Waals surface area contributed by atoms with Gasteiger partial charge in [0.2, 0.25) is 0 Å². The molecule has 0 aliphatic carbocycles. The van der Waals surface area contributed by atoms with Crippen LogP contribution in [-0.4, -0.2) is 72.0 Å². The SMILES string of the molecule is CC(C)(C)OC(=O)NCCCC[C@@H](/C=C\CCCC/C=C\[C@H](CCCCNC(=O)OC(C)(C)C)NC(=O)OC(C)(C)C)NC(=O)OC(C)(C)C. The lowest BCUT2D eigenvalue weighted by Gasteiger charge is -2.22. The van der Waals surface area contributed by atoms with E-state index in [1.165, 1.54) is 0 Å². The number of carbonyl (C=O) groups excluding carboxylic acids is 4. The van der Waals surface area contributed by atoms with Gasteiger partial charge in [0.05, 0.1) is 12.1 Å². The molecule has 0 spiro atoms. The largest absolute Gasteiger partial charge is 0.444 e. The van der Waals surface area contributed by atoms with E-state index in [4.69, 9.17) is 18.9 Å². The Morgan fingerprint density at radius 1 is 0.460 bits per heavy atom. The fraction of sp³-hybridized carbons (Fsp3) is 0.789. The molecule has 0 rings (SSSR count). The quantitative estimate of drug-likeness (QED) is 0.0589. The van der Waals surface area contributed by atoms with Crippen molar-refractivity contribution < 1.29 is 38.1 Å². The second kappa shape index (κ2) is 23.1. The molecule has 0 radical (unpaired) electrons. The fourth-order valence-corrected chi connectivity index (χ4v) is 4.38. The first kappa shape index (κ1) is 46.6. The first-order valence-electron chi connectivity index (χ1n) is 18.2. The van der Waals surface area contributed by atoms with E-state index in [0.29, 0.717) is 25.9 Å². The topological polar surface area (TPSA) is 153 Å². The average Bonchev–Trinajstić information content (AvgIpc) is 2.89. The lowest BCUT2D eigenvalue weighted by atomic mass is 10.1.